The molecule has 0 aliphatic carbocycles. The molecule has 2 heterocycles. The maximum absolute atomic E-state index is 12.1. The van der Waals surface area contributed by atoms with Gasteiger partial charge in [-0.15, -0.1) is 11.8 Å². The molecule has 3 aromatic rings. The van der Waals surface area contributed by atoms with E-state index in [0.29, 0.717) is 30.7 Å². The van der Waals surface area contributed by atoms with Gasteiger partial charge in [-0.05, 0) is 62.3 Å². The Morgan fingerprint density at radius 1 is 1.00 bits per heavy atom. The first kappa shape index (κ1) is 28.5. The Bertz CT molecular complexity index is 1150. The number of carbonyl (C=O) groups excluding carboxylic acids is 1. The number of aliphatic carboxylic acids is 2. The number of nitrogens with zero attached hydrogens (tertiary/aromatic N) is 2. The molecule has 1 fully saturated rings. The number of carboxylic acids is 2. The fraction of sp³-hybridized carbons (Fsp3) is 0.308. The number of likely N-dealkylation sites (tertiary alicyclic amines) is 1. The van der Waals surface area contributed by atoms with E-state index in [1.165, 1.54) is 12.8 Å². The Hall–Kier alpha value is -4.03. The Morgan fingerprint density at radius 2 is 1.68 bits per heavy atom. The Balaban J connectivity index is 0.000000599. The van der Waals surface area contributed by atoms with E-state index in [9.17, 15) is 4.79 Å². The summed E-state index contributed by atoms with van der Waals surface area (Å²) in [6, 6.07) is 17.2. The SMILES string of the molecule is O=C(NCN1CCCC1)Nc1ccc(-c2cnc(CSCCOc3ccccc3)o2)cc1.O=C(O)C(=O)O. The number of hydrogen-bond acceptors (Lipinski definition) is 8. The van der Waals surface area contributed by atoms with Crippen molar-refractivity contribution in [3.05, 3.63) is 66.7 Å². The molecule has 0 atom stereocenters. The third kappa shape index (κ3) is 10.1. The average Bonchev–Trinajstić information content (AvgIpc) is 3.61. The molecule has 1 aromatic heterocycles. The Labute approximate surface area is 224 Å². The second-order valence-electron chi connectivity index (χ2n) is 8.13. The molecule has 0 bridgehead atoms. The van der Waals surface area contributed by atoms with Crippen LogP contribution in [0.15, 0.2) is 65.2 Å². The fourth-order valence-electron chi connectivity index (χ4n) is 3.42. The molecular formula is C26H30N4O7S. The van der Waals surface area contributed by atoms with Crippen molar-refractivity contribution in [3.63, 3.8) is 0 Å². The summed E-state index contributed by atoms with van der Waals surface area (Å²) in [6.45, 7) is 3.33. The van der Waals surface area contributed by atoms with Gasteiger partial charge in [-0.3, -0.25) is 4.90 Å². The zero-order valence-corrected chi connectivity index (χ0v) is 21.5. The van der Waals surface area contributed by atoms with Gasteiger partial charge in [0.2, 0.25) is 5.89 Å². The number of thioether (sulfide) groups is 1. The average molecular weight is 543 g/mol. The second kappa shape index (κ2) is 15.3. The van der Waals surface area contributed by atoms with Crippen molar-refractivity contribution in [1.82, 2.24) is 15.2 Å². The van der Waals surface area contributed by atoms with Gasteiger partial charge in [0, 0.05) is 17.0 Å². The molecule has 0 spiro atoms. The largest absolute Gasteiger partial charge is 0.493 e. The molecular weight excluding hydrogens is 512 g/mol. The van der Waals surface area contributed by atoms with Gasteiger partial charge in [-0.2, -0.15) is 0 Å². The van der Waals surface area contributed by atoms with Crippen LogP contribution in [-0.2, 0) is 15.3 Å². The van der Waals surface area contributed by atoms with Crippen molar-refractivity contribution in [2.45, 2.75) is 18.6 Å². The van der Waals surface area contributed by atoms with E-state index in [1.807, 2.05) is 54.6 Å². The number of ether oxygens (including phenoxy) is 1. The highest BCUT2D eigenvalue weighted by Crippen LogP contribution is 2.24. The highest BCUT2D eigenvalue weighted by Gasteiger charge is 2.12. The lowest BCUT2D eigenvalue weighted by Gasteiger charge is -2.15. The van der Waals surface area contributed by atoms with E-state index >= 15 is 0 Å². The molecule has 0 radical (unpaired) electrons. The quantitative estimate of drug-likeness (QED) is 0.218. The summed E-state index contributed by atoms with van der Waals surface area (Å²) in [5, 5.41) is 20.5. The fourth-order valence-corrected chi connectivity index (χ4v) is 4.08. The molecule has 38 heavy (non-hydrogen) atoms. The van der Waals surface area contributed by atoms with Crippen molar-refractivity contribution < 1.29 is 33.8 Å². The lowest BCUT2D eigenvalue weighted by molar-refractivity contribution is -0.159. The molecule has 12 heteroatoms. The van der Waals surface area contributed by atoms with Crippen molar-refractivity contribution in [1.29, 1.82) is 0 Å². The first-order valence-corrected chi connectivity index (χ1v) is 13.1. The molecule has 4 rings (SSSR count). The van der Waals surface area contributed by atoms with Crippen LogP contribution < -0.4 is 15.4 Å². The number of amides is 2. The summed E-state index contributed by atoms with van der Waals surface area (Å²) >= 11 is 1.72. The summed E-state index contributed by atoms with van der Waals surface area (Å²) in [6.07, 6.45) is 4.15. The van der Waals surface area contributed by atoms with Gasteiger partial charge >= 0.3 is 18.0 Å². The number of rotatable bonds is 10. The maximum atomic E-state index is 12.1. The number of carboxylic acid groups (broad SMARTS) is 2. The number of hydrogen-bond donors (Lipinski definition) is 4. The molecule has 1 saturated heterocycles. The lowest BCUT2D eigenvalue weighted by Crippen LogP contribution is -2.38. The summed E-state index contributed by atoms with van der Waals surface area (Å²) in [7, 11) is 0. The molecule has 1 aliphatic heterocycles. The van der Waals surface area contributed by atoms with Gasteiger partial charge in [0.15, 0.2) is 5.76 Å². The van der Waals surface area contributed by atoms with E-state index in [2.05, 4.69) is 20.5 Å². The monoisotopic (exact) mass is 542 g/mol. The topological polar surface area (TPSA) is 154 Å². The molecule has 202 valence electrons. The molecule has 2 amide bonds. The summed E-state index contributed by atoms with van der Waals surface area (Å²) < 4.78 is 11.6. The number of aromatic nitrogens is 1. The first-order valence-electron chi connectivity index (χ1n) is 11.9. The van der Waals surface area contributed by atoms with E-state index in [0.717, 1.165) is 35.8 Å². The number of anilines is 1. The minimum Gasteiger partial charge on any atom is -0.493 e. The molecule has 2 aromatic carbocycles. The van der Waals surface area contributed by atoms with Crippen LogP contribution in [0.1, 0.15) is 18.7 Å². The van der Waals surface area contributed by atoms with Crippen LogP contribution in [0.2, 0.25) is 0 Å². The minimum atomic E-state index is -1.82. The van der Waals surface area contributed by atoms with Crippen LogP contribution in [0.25, 0.3) is 11.3 Å². The summed E-state index contributed by atoms with van der Waals surface area (Å²) in [5.41, 5.74) is 1.66. The predicted octanol–water partition coefficient (Wildman–Crippen LogP) is 3.98. The van der Waals surface area contributed by atoms with Crippen LogP contribution in [-0.4, -0.2) is 70.2 Å². The third-order valence-corrected chi connectivity index (χ3v) is 6.20. The van der Waals surface area contributed by atoms with Gasteiger partial charge < -0.3 is 30.0 Å². The lowest BCUT2D eigenvalue weighted by atomic mass is 10.2. The molecule has 0 unspecified atom stereocenters. The van der Waals surface area contributed by atoms with E-state index in [4.69, 9.17) is 29.0 Å². The minimum absolute atomic E-state index is 0.195. The zero-order chi connectivity index (χ0) is 27.2. The normalized spacial score (nSPS) is 12.7. The maximum Gasteiger partial charge on any atom is 0.414 e. The number of urea groups is 1. The van der Waals surface area contributed by atoms with Gasteiger partial charge in [0.1, 0.15) is 5.75 Å². The van der Waals surface area contributed by atoms with Crippen molar-refractivity contribution in [2.24, 2.45) is 0 Å². The number of nitrogens with one attached hydrogen (secondary N) is 2. The highest BCUT2D eigenvalue weighted by atomic mass is 32.2. The molecule has 1 aliphatic rings. The molecule has 4 N–H and O–H groups in total. The first-order chi connectivity index (χ1) is 18.4. The molecule has 11 nitrogen and oxygen atoms in total. The van der Waals surface area contributed by atoms with Gasteiger partial charge in [-0.1, -0.05) is 18.2 Å². The van der Waals surface area contributed by atoms with E-state index in [-0.39, 0.29) is 6.03 Å². The zero-order valence-electron chi connectivity index (χ0n) is 20.7. The summed E-state index contributed by atoms with van der Waals surface area (Å²) in [5.74, 6) is 0.180. The standard InChI is InChI=1S/C24H28N4O3S.C2H2O4/c29-24(26-18-28-12-4-5-13-28)27-20-10-8-19(9-11-20)22-16-25-23(31-22)17-32-15-14-30-21-6-2-1-3-7-21;3-1(4)2(5)6/h1-3,6-11,16H,4-5,12-15,17-18H2,(H2,26,27,29);(H,3,4)(H,5,6). The van der Waals surface area contributed by atoms with Crippen molar-refractivity contribution in [3.8, 4) is 17.1 Å². The Kier molecular flexibility index (Phi) is 11.5. The van der Waals surface area contributed by atoms with Crippen LogP contribution in [0.5, 0.6) is 5.75 Å². The number of carbonyl (C=O) groups is 3. The smallest absolute Gasteiger partial charge is 0.414 e. The number of benzene rings is 2. The summed E-state index contributed by atoms with van der Waals surface area (Å²) in [4.78, 5) is 36.9. The van der Waals surface area contributed by atoms with Gasteiger partial charge in [0.25, 0.3) is 0 Å². The second-order valence-corrected chi connectivity index (χ2v) is 9.24. The number of oxazole rings is 1. The van der Waals surface area contributed by atoms with Crippen LogP contribution >= 0.6 is 11.8 Å². The van der Waals surface area contributed by atoms with Gasteiger partial charge in [0.05, 0.1) is 25.2 Å². The number of para-hydroxylation sites is 1. The highest BCUT2D eigenvalue weighted by molar-refractivity contribution is 7.98. The third-order valence-electron chi connectivity index (χ3n) is 5.29. The van der Waals surface area contributed by atoms with Crippen LogP contribution in [0.3, 0.4) is 0 Å². The van der Waals surface area contributed by atoms with Crippen LogP contribution in [0, 0.1) is 0 Å². The van der Waals surface area contributed by atoms with Crippen molar-refractivity contribution in [2.75, 3.05) is 37.4 Å². The van der Waals surface area contributed by atoms with Crippen molar-refractivity contribution >= 4 is 35.4 Å². The molecule has 0 saturated carbocycles. The predicted molar refractivity (Wildman–Crippen MR) is 143 cm³/mol. The van der Waals surface area contributed by atoms with Gasteiger partial charge in [-0.25, -0.2) is 19.4 Å². The van der Waals surface area contributed by atoms with E-state index < -0.39 is 11.9 Å². The van der Waals surface area contributed by atoms with E-state index in [1.54, 1.807) is 18.0 Å². The Morgan fingerprint density at radius 3 is 2.34 bits per heavy atom. The van der Waals surface area contributed by atoms with Crippen LogP contribution in [0.4, 0.5) is 10.5 Å².